The Morgan fingerprint density at radius 2 is 1.69 bits per heavy atom. The van der Waals surface area contributed by atoms with Gasteiger partial charge < -0.3 is 18.8 Å². The standard InChI is InChI=1S/C27H25N3O7S2/c1-3-30(19-7-5-4-6-8-19)39(33,34)20-11-9-18(10-12-20)26(32)28-27-29(17-25(31)35-2)21-15-22-23(16-24(21)38-27)37-14-13-36-22/h4-12,15-16H,3,13-14,17H2,1-2H3. The first kappa shape index (κ1) is 26.4. The third-order valence-corrected chi connectivity index (χ3v) is 9.04. The lowest BCUT2D eigenvalue weighted by molar-refractivity contribution is -0.141. The van der Waals surface area contributed by atoms with Crippen molar-refractivity contribution in [2.24, 2.45) is 4.99 Å². The molecule has 12 heteroatoms. The number of para-hydroxylation sites is 1. The smallest absolute Gasteiger partial charge is 0.325 e. The zero-order chi connectivity index (χ0) is 27.6. The van der Waals surface area contributed by atoms with Crippen LogP contribution in [-0.2, 0) is 26.1 Å². The van der Waals surface area contributed by atoms with Gasteiger partial charge in [0.25, 0.3) is 15.9 Å². The van der Waals surface area contributed by atoms with Crippen LogP contribution in [0.15, 0.2) is 76.6 Å². The van der Waals surface area contributed by atoms with Crippen molar-refractivity contribution in [2.45, 2.75) is 18.4 Å². The number of anilines is 1. The van der Waals surface area contributed by atoms with E-state index >= 15 is 0 Å². The molecular formula is C27H25N3O7S2. The first-order chi connectivity index (χ1) is 18.8. The minimum atomic E-state index is -3.84. The Morgan fingerprint density at radius 3 is 2.33 bits per heavy atom. The number of hydrogen-bond donors (Lipinski definition) is 0. The third-order valence-electron chi connectivity index (χ3n) is 6.08. The molecule has 39 heavy (non-hydrogen) atoms. The van der Waals surface area contributed by atoms with Gasteiger partial charge in [0.05, 0.1) is 27.9 Å². The molecule has 1 aliphatic heterocycles. The van der Waals surface area contributed by atoms with Crippen LogP contribution in [0, 0.1) is 0 Å². The number of ether oxygens (including phenoxy) is 3. The summed E-state index contributed by atoms with van der Waals surface area (Å²) < 4.78 is 46.3. The molecule has 1 aliphatic rings. The molecule has 0 fully saturated rings. The Balaban J connectivity index is 1.50. The van der Waals surface area contributed by atoms with Gasteiger partial charge in [-0.2, -0.15) is 4.99 Å². The lowest BCUT2D eigenvalue weighted by Crippen LogP contribution is -2.30. The van der Waals surface area contributed by atoms with Crippen molar-refractivity contribution in [3.63, 3.8) is 0 Å². The van der Waals surface area contributed by atoms with E-state index in [1.54, 1.807) is 47.9 Å². The maximum atomic E-state index is 13.3. The normalized spacial score (nSPS) is 13.3. The molecule has 0 radical (unpaired) electrons. The fourth-order valence-corrected chi connectivity index (χ4v) is 6.68. The largest absolute Gasteiger partial charge is 0.486 e. The number of benzene rings is 3. The van der Waals surface area contributed by atoms with Gasteiger partial charge in [0, 0.05) is 24.2 Å². The molecule has 3 aromatic carbocycles. The monoisotopic (exact) mass is 567 g/mol. The Bertz CT molecular complexity index is 1710. The summed E-state index contributed by atoms with van der Waals surface area (Å²) in [6, 6.07) is 18.0. The van der Waals surface area contributed by atoms with E-state index in [9.17, 15) is 18.0 Å². The molecular weight excluding hydrogens is 542 g/mol. The lowest BCUT2D eigenvalue weighted by Gasteiger charge is -2.22. The van der Waals surface area contributed by atoms with Crippen molar-refractivity contribution >= 4 is 49.1 Å². The van der Waals surface area contributed by atoms with Crippen molar-refractivity contribution in [3.8, 4) is 11.5 Å². The van der Waals surface area contributed by atoms with Gasteiger partial charge in [-0.3, -0.25) is 13.9 Å². The number of carbonyl (C=O) groups excluding carboxylic acids is 2. The topological polar surface area (TPSA) is 117 Å². The molecule has 10 nitrogen and oxygen atoms in total. The van der Waals surface area contributed by atoms with Gasteiger partial charge >= 0.3 is 5.97 Å². The molecule has 0 unspecified atom stereocenters. The summed E-state index contributed by atoms with van der Waals surface area (Å²) in [7, 11) is -2.56. The van der Waals surface area contributed by atoms with Gasteiger partial charge in [-0.05, 0) is 43.3 Å². The molecule has 0 aliphatic carbocycles. The van der Waals surface area contributed by atoms with Crippen LogP contribution in [0.1, 0.15) is 17.3 Å². The molecule has 1 amide bonds. The highest BCUT2D eigenvalue weighted by atomic mass is 32.2. The fourth-order valence-electron chi connectivity index (χ4n) is 4.17. The molecule has 0 saturated heterocycles. The van der Waals surface area contributed by atoms with Crippen molar-refractivity contribution in [1.82, 2.24) is 4.57 Å². The SMILES string of the molecule is CCN(c1ccccc1)S(=O)(=O)c1ccc(C(=O)N=c2sc3cc4c(cc3n2CC(=O)OC)OCCO4)cc1. The second kappa shape index (κ2) is 10.9. The van der Waals surface area contributed by atoms with E-state index in [1.165, 1.54) is 47.0 Å². The number of amides is 1. The zero-order valence-corrected chi connectivity index (χ0v) is 22.8. The summed E-state index contributed by atoms with van der Waals surface area (Å²) in [5.74, 6) is 0.0201. The summed E-state index contributed by atoms with van der Waals surface area (Å²) in [6.07, 6.45) is 0. The quantitative estimate of drug-likeness (QED) is 0.313. The fraction of sp³-hybridized carbons (Fsp3) is 0.222. The Kier molecular flexibility index (Phi) is 7.40. The van der Waals surface area contributed by atoms with Crippen LogP contribution in [0.5, 0.6) is 11.5 Å². The van der Waals surface area contributed by atoms with E-state index in [0.29, 0.717) is 35.9 Å². The van der Waals surface area contributed by atoms with Gasteiger partial charge in [-0.25, -0.2) is 8.42 Å². The van der Waals surface area contributed by atoms with Crippen molar-refractivity contribution < 1.29 is 32.2 Å². The van der Waals surface area contributed by atoms with Gasteiger partial charge in [0.1, 0.15) is 19.8 Å². The van der Waals surface area contributed by atoms with Crippen LogP contribution in [0.2, 0.25) is 0 Å². The van der Waals surface area contributed by atoms with Crippen LogP contribution in [-0.4, -0.2) is 51.7 Å². The minimum absolute atomic E-state index is 0.0537. The number of carbonyl (C=O) groups is 2. The Labute approximate surface area is 228 Å². The van der Waals surface area contributed by atoms with E-state index in [2.05, 4.69) is 4.99 Å². The molecule has 2 heterocycles. The summed E-state index contributed by atoms with van der Waals surface area (Å²) in [5, 5.41) is 0. The number of sulfonamides is 1. The van der Waals surface area contributed by atoms with Crippen LogP contribution in [0.4, 0.5) is 5.69 Å². The highest BCUT2D eigenvalue weighted by Crippen LogP contribution is 2.35. The number of methoxy groups -OCH3 is 1. The van der Waals surface area contributed by atoms with Crippen LogP contribution >= 0.6 is 11.3 Å². The number of hydrogen-bond acceptors (Lipinski definition) is 8. The van der Waals surface area contributed by atoms with Crippen molar-refractivity contribution in [2.75, 3.05) is 31.2 Å². The van der Waals surface area contributed by atoms with E-state index in [4.69, 9.17) is 14.2 Å². The van der Waals surface area contributed by atoms with E-state index in [-0.39, 0.29) is 28.3 Å². The average Bonchev–Trinajstić information content (AvgIpc) is 3.27. The van der Waals surface area contributed by atoms with Gasteiger partial charge in [0.2, 0.25) is 0 Å². The maximum Gasteiger partial charge on any atom is 0.325 e. The number of thiazole rings is 1. The van der Waals surface area contributed by atoms with Crippen LogP contribution in [0.3, 0.4) is 0 Å². The third kappa shape index (κ3) is 5.25. The predicted molar refractivity (Wildman–Crippen MR) is 146 cm³/mol. The van der Waals surface area contributed by atoms with E-state index < -0.39 is 21.9 Å². The summed E-state index contributed by atoms with van der Waals surface area (Å²) >= 11 is 1.21. The molecule has 202 valence electrons. The molecule has 0 saturated carbocycles. The molecule has 0 bridgehead atoms. The number of nitrogens with zero attached hydrogens (tertiary/aromatic N) is 3. The average molecular weight is 568 g/mol. The van der Waals surface area contributed by atoms with Crippen molar-refractivity contribution in [1.29, 1.82) is 0 Å². The van der Waals surface area contributed by atoms with Gasteiger partial charge in [-0.15, -0.1) is 0 Å². The molecule has 0 N–H and O–H groups in total. The molecule has 4 aromatic rings. The van der Waals surface area contributed by atoms with E-state index in [1.807, 2.05) is 6.07 Å². The van der Waals surface area contributed by atoms with E-state index in [0.717, 1.165) is 4.70 Å². The summed E-state index contributed by atoms with van der Waals surface area (Å²) in [5.41, 5.74) is 1.39. The van der Waals surface area contributed by atoms with Crippen LogP contribution < -0.4 is 18.6 Å². The molecule has 0 atom stereocenters. The highest BCUT2D eigenvalue weighted by Gasteiger charge is 2.24. The van der Waals surface area contributed by atoms with Crippen LogP contribution in [0.25, 0.3) is 10.2 Å². The number of aromatic nitrogens is 1. The predicted octanol–water partition coefficient (Wildman–Crippen LogP) is 3.60. The highest BCUT2D eigenvalue weighted by molar-refractivity contribution is 7.92. The minimum Gasteiger partial charge on any atom is -0.486 e. The Morgan fingerprint density at radius 1 is 1.03 bits per heavy atom. The zero-order valence-electron chi connectivity index (χ0n) is 21.2. The first-order valence-corrected chi connectivity index (χ1v) is 14.3. The summed E-state index contributed by atoms with van der Waals surface area (Å²) in [6.45, 7) is 2.67. The summed E-state index contributed by atoms with van der Waals surface area (Å²) in [4.78, 5) is 29.9. The van der Waals surface area contributed by atoms with Gasteiger partial charge in [-0.1, -0.05) is 29.5 Å². The first-order valence-electron chi connectivity index (χ1n) is 12.1. The second-order valence-corrected chi connectivity index (χ2v) is 11.3. The maximum absolute atomic E-state index is 13.3. The van der Waals surface area contributed by atoms with Crippen molar-refractivity contribution in [3.05, 3.63) is 77.1 Å². The number of rotatable bonds is 7. The molecule has 0 spiro atoms. The molecule has 5 rings (SSSR count). The Hall–Kier alpha value is -4.16. The lowest BCUT2D eigenvalue weighted by atomic mass is 10.2. The van der Waals surface area contributed by atoms with Gasteiger partial charge in [0.15, 0.2) is 16.3 Å². The molecule has 1 aromatic heterocycles. The number of esters is 1. The number of fused-ring (bicyclic) bond motifs is 2. The second-order valence-electron chi connectivity index (χ2n) is 8.46.